The minimum Gasteiger partial charge on any atom is -0.486 e. The number of sulfonamides is 1. The molecule has 3 rings (SSSR count). The number of piperazine rings is 1. The van der Waals surface area contributed by atoms with Gasteiger partial charge in [0.25, 0.3) is 0 Å². The molecule has 1 fully saturated rings. The van der Waals surface area contributed by atoms with E-state index in [9.17, 15) is 8.42 Å². The van der Waals surface area contributed by atoms with Crippen molar-refractivity contribution in [2.45, 2.75) is 4.90 Å². The van der Waals surface area contributed by atoms with Crippen molar-refractivity contribution in [2.24, 2.45) is 0 Å². The Kier molecular flexibility index (Phi) is 5.96. The Bertz CT molecular complexity index is 791. The van der Waals surface area contributed by atoms with Crippen LogP contribution in [0.5, 0.6) is 5.75 Å². The first-order valence-electron chi connectivity index (χ1n) is 8.33. The normalized spacial score (nSPS) is 16.7. The number of nitrogens with one attached hydrogen (secondary N) is 1. The van der Waals surface area contributed by atoms with E-state index in [1.54, 1.807) is 34.6 Å². The van der Waals surface area contributed by atoms with Gasteiger partial charge in [0.1, 0.15) is 18.9 Å². The molecule has 0 atom stereocenters. The summed E-state index contributed by atoms with van der Waals surface area (Å²) in [4.78, 5) is 1.70. The third-order valence-corrected chi connectivity index (χ3v) is 6.59. The smallest absolute Gasteiger partial charge is 0.243 e. The van der Waals surface area contributed by atoms with Gasteiger partial charge >= 0.3 is 0 Å². The maximum Gasteiger partial charge on any atom is 0.243 e. The van der Waals surface area contributed by atoms with Crippen LogP contribution in [0.15, 0.2) is 59.5 Å². The summed E-state index contributed by atoms with van der Waals surface area (Å²) < 4.78 is 32.5. The van der Waals surface area contributed by atoms with Crippen LogP contribution in [0.25, 0.3) is 0 Å². The van der Waals surface area contributed by atoms with Gasteiger partial charge in [-0.2, -0.15) is 4.31 Å². The maximum absolute atomic E-state index is 12.6. The Morgan fingerprint density at radius 1 is 1.00 bits per heavy atom. The molecule has 0 amide bonds. The lowest BCUT2D eigenvalue weighted by Gasteiger charge is -2.31. The minimum atomic E-state index is -3.38. The number of benzene rings is 2. The summed E-state index contributed by atoms with van der Waals surface area (Å²) in [6.07, 6.45) is 0. The SMILES string of the molecule is O=S(=O)(c1ccccc1)N1CC[NH+](CCOc2ccccc2Cl)CC1. The van der Waals surface area contributed by atoms with Crippen LogP contribution in [-0.4, -0.2) is 52.1 Å². The Labute approximate surface area is 153 Å². The summed E-state index contributed by atoms with van der Waals surface area (Å²) in [5.41, 5.74) is 0. The molecule has 0 saturated carbocycles. The van der Waals surface area contributed by atoms with Crippen molar-refractivity contribution in [2.75, 3.05) is 39.3 Å². The number of rotatable bonds is 6. The second-order valence-corrected chi connectivity index (χ2v) is 8.34. The second-order valence-electron chi connectivity index (χ2n) is 6.00. The molecule has 1 N–H and O–H groups in total. The zero-order valence-electron chi connectivity index (χ0n) is 13.9. The minimum absolute atomic E-state index is 0.362. The monoisotopic (exact) mass is 381 g/mol. The molecule has 134 valence electrons. The van der Waals surface area contributed by atoms with Crippen LogP contribution >= 0.6 is 11.6 Å². The zero-order chi connectivity index (χ0) is 17.7. The second kappa shape index (κ2) is 8.19. The quantitative estimate of drug-likeness (QED) is 0.820. The van der Waals surface area contributed by atoms with E-state index in [1.807, 2.05) is 24.3 Å². The lowest BCUT2D eigenvalue weighted by atomic mass is 10.3. The number of para-hydroxylation sites is 1. The first-order valence-corrected chi connectivity index (χ1v) is 10.2. The van der Waals surface area contributed by atoms with E-state index in [4.69, 9.17) is 16.3 Å². The van der Waals surface area contributed by atoms with Crippen molar-refractivity contribution >= 4 is 21.6 Å². The fourth-order valence-electron chi connectivity index (χ4n) is 2.90. The third kappa shape index (κ3) is 4.52. The molecule has 0 aliphatic carbocycles. The fraction of sp³-hybridized carbons (Fsp3) is 0.333. The number of halogens is 1. The number of nitrogens with zero attached hydrogens (tertiary/aromatic N) is 1. The summed E-state index contributed by atoms with van der Waals surface area (Å²) >= 11 is 6.07. The summed E-state index contributed by atoms with van der Waals surface area (Å²) in [6.45, 7) is 3.99. The molecule has 2 aromatic carbocycles. The van der Waals surface area contributed by atoms with Crippen molar-refractivity contribution in [1.29, 1.82) is 0 Å². The first-order chi connectivity index (χ1) is 12.1. The van der Waals surface area contributed by atoms with Gasteiger partial charge in [-0.3, -0.25) is 0 Å². The molecule has 0 radical (unpaired) electrons. The van der Waals surface area contributed by atoms with Gasteiger partial charge in [-0.25, -0.2) is 8.42 Å². The fourth-order valence-corrected chi connectivity index (χ4v) is 4.55. The maximum atomic E-state index is 12.6. The van der Waals surface area contributed by atoms with Gasteiger partial charge in [-0.1, -0.05) is 41.9 Å². The van der Waals surface area contributed by atoms with E-state index in [-0.39, 0.29) is 0 Å². The Balaban J connectivity index is 1.48. The van der Waals surface area contributed by atoms with Crippen LogP contribution in [0, 0.1) is 0 Å². The lowest BCUT2D eigenvalue weighted by molar-refractivity contribution is -0.903. The molecule has 1 heterocycles. The van der Waals surface area contributed by atoms with Gasteiger partial charge in [0, 0.05) is 0 Å². The predicted octanol–water partition coefficient (Wildman–Crippen LogP) is 1.31. The van der Waals surface area contributed by atoms with E-state index < -0.39 is 10.0 Å². The Morgan fingerprint density at radius 3 is 2.32 bits per heavy atom. The Hall–Kier alpha value is -1.60. The molecule has 25 heavy (non-hydrogen) atoms. The van der Waals surface area contributed by atoms with E-state index in [2.05, 4.69) is 0 Å². The van der Waals surface area contributed by atoms with Crippen molar-refractivity contribution in [3.8, 4) is 5.75 Å². The van der Waals surface area contributed by atoms with Gasteiger partial charge in [0.05, 0.1) is 36.1 Å². The molecule has 5 nitrogen and oxygen atoms in total. The number of ether oxygens (including phenoxy) is 1. The highest BCUT2D eigenvalue weighted by molar-refractivity contribution is 7.89. The number of quaternary nitrogens is 1. The lowest BCUT2D eigenvalue weighted by Crippen LogP contribution is -3.15. The van der Waals surface area contributed by atoms with Crippen molar-refractivity contribution in [3.05, 3.63) is 59.6 Å². The predicted molar refractivity (Wildman–Crippen MR) is 97.7 cm³/mol. The molecular formula is C18H22ClN2O3S+. The zero-order valence-corrected chi connectivity index (χ0v) is 15.5. The first kappa shape index (κ1) is 18.2. The molecule has 1 aliphatic heterocycles. The average Bonchev–Trinajstić information content (AvgIpc) is 2.64. The third-order valence-electron chi connectivity index (χ3n) is 4.36. The van der Waals surface area contributed by atoms with Crippen molar-refractivity contribution in [1.82, 2.24) is 4.31 Å². The average molecular weight is 382 g/mol. The summed E-state index contributed by atoms with van der Waals surface area (Å²) in [7, 11) is -3.38. The highest BCUT2D eigenvalue weighted by Gasteiger charge is 2.30. The number of hydrogen-bond acceptors (Lipinski definition) is 3. The van der Waals surface area contributed by atoms with Gasteiger partial charge in [-0.05, 0) is 24.3 Å². The van der Waals surface area contributed by atoms with Crippen LogP contribution in [0.4, 0.5) is 0 Å². The molecule has 0 aromatic heterocycles. The van der Waals surface area contributed by atoms with E-state index in [0.29, 0.717) is 35.4 Å². The molecular weight excluding hydrogens is 360 g/mol. The summed E-state index contributed by atoms with van der Waals surface area (Å²) in [5, 5.41) is 0.608. The van der Waals surface area contributed by atoms with Crippen LogP contribution in [0.1, 0.15) is 0 Å². The molecule has 0 unspecified atom stereocenters. The standard InChI is InChI=1S/C18H21ClN2O3S/c19-17-8-4-5-9-18(17)24-15-14-20-10-12-21(13-11-20)25(22,23)16-6-2-1-3-7-16/h1-9H,10-15H2/p+1. The summed E-state index contributed by atoms with van der Waals surface area (Å²) in [5.74, 6) is 0.689. The highest BCUT2D eigenvalue weighted by Crippen LogP contribution is 2.22. The van der Waals surface area contributed by atoms with Crippen LogP contribution in [0.2, 0.25) is 5.02 Å². The van der Waals surface area contributed by atoms with E-state index in [0.717, 1.165) is 19.6 Å². The van der Waals surface area contributed by atoms with Gasteiger partial charge in [0.15, 0.2) is 0 Å². The van der Waals surface area contributed by atoms with Crippen LogP contribution < -0.4 is 9.64 Å². The number of hydrogen-bond donors (Lipinski definition) is 1. The largest absolute Gasteiger partial charge is 0.486 e. The van der Waals surface area contributed by atoms with Crippen molar-refractivity contribution < 1.29 is 18.1 Å². The molecule has 1 aliphatic rings. The van der Waals surface area contributed by atoms with Crippen LogP contribution in [-0.2, 0) is 10.0 Å². The van der Waals surface area contributed by atoms with Gasteiger partial charge in [0.2, 0.25) is 10.0 Å². The molecule has 0 spiro atoms. The van der Waals surface area contributed by atoms with Crippen molar-refractivity contribution in [3.63, 3.8) is 0 Å². The topological polar surface area (TPSA) is 51.0 Å². The molecule has 1 saturated heterocycles. The van der Waals surface area contributed by atoms with Gasteiger partial charge in [-0.15, -0.1) is 0 Å². The van der Waals surface area contributed by atoms with Crippen LogP contribution in [0.3, 0.4) is 0 Å². The highest BCUT2D eigenvalue weighted by atomic mass is 35.5. The molecule has 2 aromatic rings. The molecule has 7 heteroatoms. The van der Waals surface area contributed by atoms with E-state index >= 15 is 0 Å². The molecule has 0 bridgehead atoms. The van der Waals surface area contributed by atoms with Gasteiger partial charge < -0.3 is 9.64 Å². The van der Waals surface area contributed by atoms with E-state index in [1.165, 1.54) is 4.90 Å². The Morgan fingerprint density at radius 2 is 1.64 bits per heavy atom. The summed E-state index contributed by atoms with van der Waals surface area (Å²) in [6, 6.07) is 16.0.